The summed E-state index contributed by atoms with van der Waals surface area (Å²) < 4.78 is 27.8. The number of sulfonamides is 1. The van der Waals surface area contributed by atoms with E-state index in [1.807, 2.05) is 24.3 Å². The van der Waals surface area contributed by atoms with Crippen LogP contribution < -0.4 is 10.0 Å². The highest BCUT2D eigenvalue weighted by atomic mass is 32.2. The number of amides is 1. The van der Waals surface area contributed by atoms with E-state index in [0.717, 1.165) is 15.2 Å². The minimum absolute atomic E-state index is 0.134. The first-order chi connectivity index (χ1) is 12.8. The van der Waals surface area contributed by atoms with E-state index in [2.05, 4.69) is 15.0 Å². The zero-order chi connectivity index (χ0) is 19.4. The van der Waals surface area contributed by atoms with Crippen molar-refractivity contribution in [2.24, 2.45) is 0 Å². The summed E-state index contributed by atoms with van der Waals surface area (Å²) in [5.41, 5.74) is 1.51. The van der Waals surface area contributed by atoms with Gasteiger partial charge in [0.2, 0.25) is 15.9 Å². The smallest absolute Gasteiger partial charge is 0.240 e. The molecule has 0 spiro atoms. The molecule has 6 nitrogen and oxygen atoms in total. The van der Waals surface area contributed by atoms with Gasteiger partial charge in [-0.1, -0.05) is 12.1 Å². The van der Waals surface area contributed by atoms with E-state index in [1.165, 1.54) is 12.1 Å². The molecule has 0 aliphatic rings. The van der Waals surface area contributed by atoms with Gasteiger partial charge in [-0.2, -0.15) is 0 Å². The summed E-state index contributed by atoms with van der Waals surface area (Å²) in [6.07, 6.45) is 0.880. The molecule has 8 heteroatoms. The van der Waals surface area contributed by atoms with Gasteiger partial charge in [-0.3, -0.25) is 4.79 Å². The minimum atomic E-state index is -3.53. The van der Waals surface area contributed by atoms with Crippen LogP contribution in [0.3, 0.4) is 0 Å². The Balaban J connectivity index is 1.57. The number of rotatable bonds is 7. The highest BCUT2D eigenvalue weighted by Gasteiger charge is 2.15. The van der Waals surface area contributed by atoms with Gasteiger partial charge in [0.05, 0.1) is 20.1 Å². The number of nitrogens with zero attached hydrogens (tertiary/aromatic N) is 1. The Morgan fingerprint density at radius 3 is 2.48 bits per heavy atom. The molecule has 0 atom stereocenters. The molecule has 0 fully saturated rings. The lowest BCUT2D eigenvalue weighted by Gasteiger charge is -2.10. The summed E-state index contributed by atoms with van der Waals surface area (Å²) in [4.78, 5) is 16.9. The fourth-order valence-electron chi connectivity index (χ4n) is 2.57. The van der Waals surface area contributed by atoms with E-state index in [1.54, 1.807) is 37.3 Å². The second kappa shape index (κ2) is 8.16. The minimum Gasteiger partial charge on any atom is -0.326 e. The summed E-state index contributed by atoms with van der Waals surface area (Å²) >= 11 is 1.59. The van der Waals surface area contributed by atoms with Gasteiger partial charge in [0.25, 0.3) is 0 Å². The van der Waals surface area contributed by atoms with Crippen molar-refractivity contribution in [3.05, 3.63) is 53.5 Å². The van der Waals surface area contributed by atoms with Gasteiger partial charge in [-0.15, -0.1) is 11.3 Å². The van der Waals surface area contributed by atoms with Gasteiger partial charge in [-0.25, -0.2) is 18.1 Å². The Bertz CT molecular complexity index is 1010. The summed E-state index contributed by atoms with van der Waals surface area (Å²) in [6.45, 7) is 3.52. The van der Waals surface area contributed by atoms with Gasteiger partial charge in [0.15, 0.2) is 0 Å². The first-order valence-electron chi connectivity index (χ1n) is 8.60. The zero-order valence-electron chi connectivity index (χ0n) is 15.1. The van der Waals surface area contributed by atoms with E-state index in [0.29, 0.717) is 18.5 Å². The van der Waals surface area contributed by atoms with Gasteiger partial charge < -0.3 is 5.32 Å². The van der Waals surface area contributed by atoms with Crippen LogP contribution in [0.25, 0.3) is 10.2 Å². The van der Waals surface area contributed by atoms with Gasteiger partial charge in [-0.05, 0) is 50.2 Å². The molecule has 1 heterocycles. The molecule has 0 bridgehead atoms. The third kappa shape index (κ3) is 5.12. The topological polar surface area (TPSA) is 88.2 Å². The van der Waals surface area contributed by atoms with E-state index in [-0.39, 0.29) is 16.8 Å². The molecule has 27 heavy (non-hydrogen) atoms. The van der Waals surface area contributed by atoms with Crippen molar-refractivity contribution >= 4 is 43.2 Å². The number of carbonyl (C=O) groups excluding carboxylic acids is 1. The third-order valence-corrected chi connectivity index (χ3v) is 6.51. The fourth-order valence-corrected chi connectivity index (χ4v) is 4.78. The molecule has 0 aliphatic heterocycles. The summed E-state index contributed by atoms with van der Waals surface area (Å²) in [7, 11) is -3.53. The van der Waals surface area contributed by atoms with E-state index >= 15 is 0 Å². The average molecular weight is 404 g/mol. The van der Waals surface area contributed by atoms with Crippen molar-refractivity contribution in [1.82, 2.24) is 9.71 Å². The number of aryl methyl sites for hydroxylation is 1. The standard InChI is InChI=1S/C19H21N3O3S2/c1-13(2)22-27(24,25)15-9-7-14(8-10-15)20-18(23)11-12-19-21-16-5-3-4-6-17(16)26-19/h3-10,13,22H,11-12H2,1-2H3,(H,20,23). The molecular formula is C19H21N3O3S2. The van der Waals surface area contributed by atoms with Crippen LogP contribution in [0.4, 0.5) is 5.69 Å². The number of aromatic nitrogens is 1. The van der Waals surface area contributed by atoms with Crippen molar-refractivity contribution in [3.63, 3.8) is 0 Å². The summed E-state index contributed by atoms with van der Waals surface area (Å²) in [5, 5.41) is 3.71. The largest absolute Gasteiger partial charge is 0.326 e. The molecule has 0 saturated heterocycles. The first-order valence-corrected chi connectivity index (χ1v) is 10.9. The van der Waals surface area contributed by atoms with Crippen molar-refractivity contribution in [3.8, 4) is 0 Å². The number of hydrogen-bond donors (Lipinski definition) is 2. The van der Waals surface area contributed by atoms with Gasteiger partial charge in [0.1, 0.15) is 0 Å². The second-order valence-corrected chi connectivity index (χ2v) is 9.25. The fraction of sp³-hybridized carbons (Fsp3) is 0.263. The lowest BCUT2D eigenvalue weighted by molar-refractivity contribution is -0.116. The highest BCUT2D eigenvalue weighted by Crippen LogP contribution is 2.22. The Morgan fingerprint density at radius 1 is 1.11 bits per heavy atom. The van der Waals surface area contributed by atoms with Crippen LogP contribution >= 0.6 is 11.3 Å². The van der Waals surface area contributed by atoms with Gasteiger partial charge >= 0.3 is 0 Å². The van der Waals surface area contributed by atoms with E-state index in [9.17, 15) is 13.2 Å². The zero-order valence-corrected chi connectivity index (χ0v) is 16.7. The highest BCUT2D eigenvalue weighted by molar-refractivity contribution is 7.89. The van der Waals surface area contributed by atoms with Crippen molar-refractivity contribution < 1.29 is 13.2 Å². The van der Waals surface area contributed by atoms with Crippen molar-refractivity contribution in [1.29, 1.82) is 0 Å². The van der Waals surface area contributed by atoms with Crippen LogP contribution in [-0.2, 0) is 21.2 Å². The maximum absolute atomic E-state index is 12.2. The molecule has 0 unspecified atom stereocenters. The van der Waals surface area contributed by atoms with Crippen LogP contribution in [0.5, 0.6) is 0 Å². The molecule has 3 rings (SSSR count). The maximum atomic E-state index is 12.2. The molecule has 1 aromatic heterocycles. The second-order valence-electron chi connectivity index (χ2n) is 6.42. The molecule has 2 N–H and O–H groups in total. The maximum Gasteiger partial charge on any atom is 0.240 e. The normalized spacial score (nSPS) is 11.8. The van der Waals surface area contributed by atoms with E-state index in [4.69, 9.17) is 0 Å². The molecule has 0 saturated carbocycles. The van der Waals surface area contributed by atoms with Crippen LogP contribution in [0.1, 0.15) is 25.3 Å². The Hall–Kier alpha value is -2.29. The number of hydrogen-bond acceptors (Lipinski definition) is 5. The van der Waals surface area contributed by atoms with E-state index < -0.39 is 10.0 Å². The van der Waals surface area contributed by atoms with Crippen LogP contribution in [-0.4, -0.2) is 25.4 Å². The SMILES string of the molecule is CC(C)NS(=O)(=O)c1ccc(NC(=O)CCc2nc3ccccc3s2)cc1. The lowest BCUT2D eigenvalue weighted by atomic mass is 10.2. The number of nitrogens with one attached hydrogen (secondary N) is 2. The molecule has 0 radical (unpaired) electrons. The molecule has 3 aromatic rings. The predicted molar refractivity (Wildman–Crippen MR) is 108 cm³/mol. The number of fused-ring (bicyclic) bond motifs is 1. The number of para-hydroxylation sites is 1. The Labute approximate surface area is 162 Å². The average Bonchev–Trinajstić information content (AvgIpc) is 3.02. The lowest BCUT2D eigenvalue weighted by Crippen LogP contribution is -2.30. The third-order valence-electron chi connectivity index (χ3n) is 3.74. The quantitative estimate of drug-likeness (QED) is 0.631. The molecule has 2 aromatic carbocycles. The number of benzene rings is 2. The predicted octanol–water partition coefficient (Wildman–Crippen LogP) is 3.55. The van der Waals surface area contributed by atoms with Gasteiger partial charge in [0, 0.05) is 24.6 Å². The molecule has 142 valence electrons. The molecular weight excluding hydrogens is 382 g/mol. The molecule has 1 amide bonds. The summed E-state index contributed by atoms with van der Waals surface area (Å²) in [6, 6.07) is 13.8. The summed E-state index contributed by atoms with van der Waals surface area (Å²) in [5.74, 6) is -0.134. The van der Waals surface area contributed by atoms with Crippen molar-refractivity contribution in [2.75, 3.05) is 5.32 Å². The number of carbonyl (C=O) groups is 1. The number of thiazole rings is 1. The first kappa shape index (κ1) is 19.5. The van der Waals surface area contributed by atoms with Crippen molar-refractivity contribution in [2.45, 2.75) is 37.6 Å². The Morgan fingerprint density at radius 2 is 1.81 bits per heavy atom. The number of anilines is 1. The monoisotopic (exact) mass is 403 g/mol. The molecule has 0 aliphatic carbocycles. The Kier molecular flexibility index (Phi) is 5.88. The van der Waals surface area contributed by atoms with Crippen LogP contribution in [0, 0.1) is 0 Å². The van der Waals surface area contributed by atoms with Crippen LogP contribution in [0.15, 0.2) is 53.4 Å². The van der Waals surface area contributed by atoms with Crippen LogP contribution in [0.2, 0.25) is 0 Å².